The van der Waals surface area contributed by atoms with Gasteiger partial charge in [0, 0.05) is 24.7 Å². The summed E-state index contributed by atoms with van der Waals surface area (Å²) >= 11 is 0. The van der Waals surface area contributed by atoms with Crippen molar-refractivity contribution in [2.24, 2.45) is 0 Å². The van der Waals surface area contributed by atoms with Gasteiger partial charge >= 0.3 is 0 Å². The average molecular weight is 549 g/mol. The van der Waals surface area contributed by atoms with Gasteiger partial charge < -0.3 is 15.0 Å². The summed E-state index contributed by atoms with van der Waals surface area (Å²) in [4.78, 5) is 39.0. The molecule has 0 radical (unpaired) electrons. The Bertz CT molecular complexity index is 1250. The van der Waals surface area contributed by atoms with Gasteiger partial charge in [0.15, 0.2) is 0 Å². The molecule has 2 rings (SSSR count). The Morgan fingerprint density at radius 2 is 1.74 bits per heavy atom. The maximum absolute atomic E-state index is 13.8. The van der Waals surface area contributed by atoms with Gasteiger partial charge in [-0.05, 0) is 49.9 Å². The maximum Gasteiger partial charge on any atom is 0.271 e. The summed E-state index contributed by atoms with van der Waals surface area (Å²) in [5, 5.41) is 14.2. The van der Waals surface area contributed by atoms with Gasteiger partial charge in [0.25, 0.3) is 5.69 Å². The Morgan fingerprint density at radius 1 is 1.11 bits per heavy atom. The van der Waals surface area contributed by atoms with Gasteiger partial charge in [0.05, 0.1) is 24.0 Å². The predicted molar refractivity (Wildman–Crippen MR) is 146 cm³/mol. The molecule has 0 saturated carbocycles. The lowest BCUT2D eigenvalue weighted by Gasteiger charge is -2.33. The van der Waals surface area contributed by atoms with Crippen molar-refractivity contribution in [2.75, 3.05) is 24.2 Å². The summed E-state index contributed by atoms with van der Waals surface area (Å²) in [6, 6.07) is 9.82. The molecule has 0 aliphatic carbocycles. The number of anilines is 1. The minimum atomic E-state index is -4.02. The molecule has 2 atom stereocenters. The first-order valence-corrected chi connectivity index (χ1v) is 14.1. The van der Waals surface area contributed by atoms with Crippen LogP contribution in [-0.2, 0) is 26.2 Å². The van der Waals surface area contributed by atoms with E-state index in [1.807, 2.05) is 13.8 Å². The minimum absolute atomic E-state index is 0.0246. The Kier molecular flexibility index (Phi) is 10.6. The molecular formula is C26H36N4O7S. The van der Waals surface area contributed by atoms with Gasteiger partial charge in [-0.2, -0.15) is 0 Å². The zero-order valence-electron chi connectivity index (χ0n) is 22.6. The highest BCUT2D eigenvalue weighted by Gasteiger charge is 2.33. The number of benzene rings is 2. The first-order valence-electron chi connectivity index (χ1n) is 12.3. The number of carbonyl (C=O) groups excluding carboxylic acids is 2. The molecule has 38 heavy (non-hydrogen) atoms. The van der Waals surface area contributed by atoms with Gasteiger partial charge in [0.1, 0.15) is 18.3 Å². The second-order valence-corrected chi connectivity index (χ2v) is 11.0. The molecule has 0 spiro atoms. The number of methoxy groups -OCH3 is 1. The van der Waals surface area contributed by atoms with Gasteiger partial charge in [0.2, 0.25) is 21.8 Å². The molecular weight excluding hydrogens is 512 g/mol. The number of nitrogens with zero attached hydrogens (tertiary/aromatic N) is 3. The smallest absolute Gasteiger partial charge is 0.271 e. The van der Waals surface area contributed by atoms with Crippen LogP contribution in [0.3, 0.4) is 0 Å². The van der Waals surface area contributed by atoms with Crippen LogP contribution in [0, 0.1) is 17.0 Å². The van der Waals surface area contributed by atoms with Gasteiger partial charge in [-0.15, -0.1) is 0 Å². The highest BCUT2D eigenvalue weighted by atomic mass is 32.2. The Morgan fingerprint density at radius 3 is 2.24 bits per heavy atom. The summed E-state index contributed by atoms with van der Waals surface area (Å²) in [7, 11) is -2.49. The molecule has 0 heterocycles. The molecule has 0 bridgehead atoms. The number of nitro benzene ring substituents is 1. The highest BCUT2D eigenvalue weighted by molar-refractivity contribution is 7.92. The maximum atomic E-state index is 13.8. The van der Waals surface area contributed by atoms with Crippen LogP contribution in [0.5, 0.6) is 5.75 Å². The van der Waals surface area contributed by atoms with E-state index in [-0.39, 0.29) is 29.9 Å². The van der Waals surface area contributed by atoms with Crippen molar-refractivity contribution in [1.82, 2.24) is 10.2 Å². The number of non-ortho nitro benzene ring substituents is 1. The van der Waals surface area contributed by atoms with Gasteiger partial charge in [-0.3, -0.25) is 24.0 Å². The van der Waals surface area contributed by atoms with Crippen molar-refractivity contribution in [3.63, 3.8) is 0 Å². The van der Waals surface area contributed by atoms with E-state index in [1.54, 1.807) is 38.1 Å². The summed E-state index contributed by atoms with van der Waals surface area (Å²) in [6.45, 7) is 6.57. The average Bonchev–Trinajstić information content (AvgIpc) is 2.86. The van der Waals surface area contributed by atoms with E-state index in [0.29, 0.717) is 29.7 Å². The predicted octanol–water partition coefficient (Wildman–Crippen LogP) is 3.40. The molecule has 0 aliphatic rings. The molecule has 2 unspecified atom stereocenters. The van der Waals surface area contributed by atoms with E-state index in [9.17, 15) is 28.1 Å². The van der Waals surface area contributed by atoms with Crippen LogP contribution >= 0.6 is 0 Å². The molecule has 0 aliphatic heterocycles. The highest BCUT2D eigenvalue weighted by Crippen LogP contribution is 2.28. The number of ether oxygens (including phenoxy) is 1. The van der Waals surface area contributed by atoms with Gasteiger partial charge in [-0.1, -0.05) is 32.0 Å². The second kappa shape index (κ2) is 13.2. The number of hydrogen-bond acceptors (Lipinski definition) is 7. The number of rotatable bonds is 13. The largest absolute Gasteiger partial charge is 0.497 e. The molecule has 2 aromatic carbocycles. The van der Waals surface area contributed by atoms with Crippen molar-refractivity contribution < 1.29 is 27.7 Å². The summed E-state index contributed by atoms with van der Waals surface area (Å²) in [5.74, 6) is -0.345. The van der Waals surface area contributed by atoms with Crippen LogP contribution in [0.4, 0.5) is 11.4 Å². The summed E-state index contributed by atoms with van der Waals surface area (Å²) in [5.41, 5.74) is 0.876. The number of amides is 2. The first-order chi connectivity index (χ1) is 17.8. The molecule has 2 amide bonds. The van der Waals surface area contributed by atoms with Gasteiger partial charge in [-0.25, -0.2) is 8.42 Å². The molecule has 0 fully saturated rings. The van der Waals surface area contributed by atoms with Crippen LogP contribution in [0.1, 0.15) is 44.7 Å². The zero-order chi connectivity index (χ0) is 28.6. The van der Waals surface area contributed by atoms with Crippen molar-refractivity contribution in [1.29, 1.82) is 0 Å². The lowest BCUT2D eigenvalue weighted by Crippen LogP contribution is -2.53. The third-order valence-electron chi connectivity index (χ3n) is 6.25. The number of carbonyl (C=O) groups is 2. The van der Waals surface area contributed by atoms with E-state index in [4.69, 9.17) is 4.74 Å². The number of nitrogens with one attached hydrogen (secondary N) is 1. The molecule has 0 aromatic heterocycles. The fourth-order valence-corrected chi connectivity index (χ4v) is 4.76. The zero-order valence-corrected chi connectivity index (χ0v) is 23.4. The molecule has 11 nitrogen and oxygen atoms in total. The van der Waals surface area contributed by atoms with Crippen LogP contribution in [-0.4, -0.2) is 62.0 Å². The number of sulfonamides is 1. The molecule has 1 N–H and O–H groups in total. The Balaban J connectivity index is 2.52. The molecule has 0 saturated heterocycles. The lowest BCUT2D eigenvalue weighted by atomic mass is 10.1. The topological polar surface area (TPSA) is 139 Å². The fourth-order valence-electron chi connectivity index (χ4n) is 3.86. The monoisotopic (exact) mass is 548 g/mol. The van der Waals surface area contributed by atoms with E-state index in [2.05, 4.69) is 5.32 Å². The second-order valence-electron chi connectivity index (χ2n) is 9.11. The summed E-state index contributed by atoms with van der Waals surface area (Å²) in [6.07, 6.45) is 1.92. The normalized spacial score (nSPS) is 12.8. The summed E-state index contributed by atoms with van der Waals surface area (Å²) < 4.78 is 31.6. The SMILES string of the molecule is CCC(C)NC(=O)C(CC)N(Cc1ccc(OC)cc1)C(=O)CN(c1cc([N+](=O)[O-])ccc1C)S(C)(=O)=O. The van der Waals surface area contributed by atoms with Crippen molar-refractivity contribution in [3.8, 4) is 5.75 Å². The number of nitro groups is 1. The van der Waals surface area contributed by atoms with Crippen molar-refractivity contribution >= 4 is 33.2 Å². The van der Waals surface area contributed by atoms with Crippen LogP contribution < -0.4 is 14.4 Å². The van der Waals surface area contributed by atoms with E-state index in [1.165, 1.54) is 24.1 Å². The van der Waals surface area contributed by atoms with Crippen molar-refractivity contribution in [3.05, 3.63) is 63.7 Å². The van der Waals surface area contributed by atoms with Crippen molar-refractivity contribution in [2.45, 2.75) is 59.2 Å². The van der Waals surface area contributed by atoms with Crippen LogP contribution in [0.15, 0.2) is 42.5 Å². The fraction of sp³-hybridized carbons (Fsp3) is 0.462. The standard InChI is InChI=1S/C26H36N4O7S/c1-7-19(4)27-26(32)23(8-2)28(16-20-10-13-22(37-5)14-11-20)25(31)17-29(38(6,35)36)24-15-21(30(33)34)12-9-18(24)3/h9-15,19,23H,7-8,16-17H2,1-6H3,(H,27,32). The third-order valence-corrected chi connectivity index (χ3v) is 7.38. The first kappa shape index (κ1) is 30.6. The van der Waals surface area contributed by atoms with E-state index < -0.39 is 33.4 Å². The van der Waals surface area contributed by atoms with Crippen LogP contribution in [0.2, 0.25) is 0 Å². The number of aryl methyl sites for hydroxylation is 1. The Hall–Kier alpha value is -3.67. The third kappa shape index (κ3) is 7.91. The number of hydrogen-bond donors (Lipinski definition) is 1. The van der Waals surface area contributed by atoms with E-state index in [0.717, 1.165) is 16.6 Å². The molecule has 2 aromatic rings. The minimum Gasteiger partial charge on any atom is -0.497 e. The molecule has 12 heteroatoms. The molecule has 208 valence electrons. The Labute approximate surface area is 224 Å². The van der Waals surface area contributed by atoms with E-state index >= 15 is 0 Å². The quantitative estimate of drug-likeness (QED) is 0.299. The lowest BCUT2D eigenvalue weighted by molar-refractivity contribution is -0.384. The van der Waals surface area contributed by atoms with Crippen LogP contribution in [0.25, 0.3) is 0 Å².